The van der Waals surface area contributed by atoms with Gasteiger partial charge >= 0.3 is 0 Å². The van der Waals surface area contributed by atoms with Crippen molar-refractivity contribution in [1.29, 1.82) is 0 Å². The van der Waals surface area contributed by atoms with Crippen LogP contribution < -0.4 is 5.32 Å². The maximum atomic E-state index is 13.5. The van der Waals surface area contributed by atoms with Gasteiger partial charge in [-0.05, 0) is 24.6 Å². The molecule has 0 saturated carbocycles. The molecule has 0 aliphatic heterocycles. The smallest absolute Gasteiger partial charge is 0.227 e. The van der Waals surface area contributed by atoms with E-state index in [1.54, 1.807) is 13.0 Å². The highest BCUT2D eigenvalue weighted by atomic mass is 19.1. The van der Waals surface area contributed by atoms with Crippen molar-refractivity contribution in [3.63, 3.8) is 0 Å². The molecule has 0 spiro atoms. The second-order valence-electron chi connectivity index (χ2n) is 4.84. The summed E-state index contributed by atoms with van der Waals surface area (Å²) >= 11 is 0. The van der Waals surface area contributed by atoms with Gasteiger partial charge in [-0.3, -0.25) is 4.79 Å². The van der Waals surface area contributed by atoms with Crippen molar-refractivity contribution in [2.24, 2.45) is 0 Å². The minimum absolute atomic E-state index is 0.420. The molecule has 2 aromatic rings. The van der Waals surface area contributed by atoms with Crippen LogP contribution in [0.4, 0.5) is 17.6 Å². The monoisotopic (exact) mass is 311 g/mol. The SMILES string of the molecule is CC(C(=O)NCc1c(F)cc(F)cc1F)c1cccc(F)c1. The molecule has 22 heavy (non-hydrogen) atoms. The molecule has 1 amide bonds. The number of amides is 1. The predicted octanol–water partition coefficient (Wildman–Crippen LogP) is 3.66. The van der Waals surface area contributed by atoms with Gasteiger partial charge in [-0.1, -0.05) is 12.1 Å². The lowest BCUT2D eigenvalue weighted by molar-refractivity contribution is -0.122. The van der Waals surface area contributed by atoms with E-state index in [4.69, 9.17) is 0 Å². The Hall–Kier alpha value is -2.37. The van der Waals surface area contributed by atoms with Gasteiger partial charge < -0.3 is 5.32 Å². The fourth-order valence-corrected chi connectivity index (χ4v) is 2.00. The summed E-state index contributed by atoms with van der Waals surface area (Å²) in [6.07, 6.45) is 0. The Bertz CT molecular complexity index is 679. The molecule has 2 aromatic carbocycles. The van der Waals surface area contributed by atoms with E-state index < -0.39 is 47.2 Å². The molecule has 0 bridgehead atoms. The van der Waals surface area contributed by atoms with Crippen LogP contribution in [0.25, 0.3) is 0 Å². The van der Waals surface area contributed by atoms with E-state index in [2.05, 4.69) is 5.32 Å². The molecule has 116 valence electrons. The summed E-state index contributed by atoms with van der Waals surface area (Å²) in [5.74, 6) is -4.87. The number of nitrogens with one attached hydrogen (secondary N) is 1. The van der Waals surface area contributed by atoms with Crippen LogP contribution in [-0.2, 0) is 11.3 Å². The molecule has 1 unspecified atom stereocenters. The van der Waals surface area contributed by atoms with Crippen LogP contribution in [0.2, 0.25) is 0 Å². The molecule has 0 radical (unpaired) electrons. The molecule has 2 nitrogen and oxygen atoms in total. The van der Waals surface area contributed by atoms with E-state index >= 15 is 0 Å². The zero-order valence-electron chi connectivity index (χ0n) is 11.7. The molecule has 0 aliphatic rings. The fourth-order valence-electron chi connectivity index (χ4n) is 2.00. The van der Waals surface area contributed by atoms with Crippen LogP contribution in [0.1, 0.15) is 24.0 Å². The lowest BCUT2D eigenvalue weighted by Gasteiger charge is -2.13. The van der Waals surface area contributed by atoms with Crippen LogP contribution in [0.5, 0.6) is 0 Å². The highest BCUT2D eigenvalue weighted by Crippen LogP contribution is 2.18. The Kier molecular flexibility index (Phi) is 4.80. The van der Waals surface area contributed by atoms with E-state index in [0.717, 1.165) is 0 Å². The van der Waals surface area contributed by atoms with Crippen LogP contribution in [0, 0.1) is 23.3 Å². The molecular formula is C16H13F4NO. The molecule has 0 aliphatic carbocycles. The first-order valence-corrected chi connectivity index (χ1v) is 6.55. The van der Waals surface area contributed by atoms with Crippen molar-refractivity contribution >= 4 is 5.91 Å². The minimum Gasteiger partial charge on any atom is -0.351 e. The van der Waals surface area contributed by atoms with E-state index in [-0.39, 0.29) is 0 Å². The van der Waals surface area contributed by atoms with Crippen molar-refractivity contribution in [2.45, 2.75) is 19.4 Å². The van der Waals surface area contributed by atoms with Crippen molar-refractivity contribution in [2.75, 3.05) is 0 Å². The van der Waals surface area contributed by atoms with Crippen LogP contribution in [-0.4, -0.2) is 5.91 Å². The van der Waals surface area contributed by atoms with Crippen LogP contribution >= 0.6 is 0 Å². The van der Waals surface area contributed by atoms with Crippen LogP contribution in [0.15, 0.2) is 36.4 Å². The largest absolute Gasteiger partial charge is 0.351 e. The average Bonchev–Trinajstić information content (AvgIpc) is 2.45. The van der Waals surface area contributed by atoms with E-state index in [0.29, 0.717) is 17.7 Å². The van der Waals surface area contributed by atoms with Gasteiger partial charge in [0.05, 0.1) is 5.92 Å². The normalized spacial score (nSPS) is 12.0. The van der Waals surface area contributed by atoms with Gasteiger partial charge in [-0.25, -0.2) is 17.6 Å². The van der Waals surface area contributed by atoms with E-state index in [1.807, 2.05) is 0 Å². The molecular weight excluding hydrogens is 298 g/mol. The maximum Gasteiger partial charge on any atom is 0.227 e. The van der Waals surface area contributed by atoms with Crippen molar-refractivity contribution in [3.8, 4) is 0 Å². The summed E-state index contributed by atoms with van der Waals surface area (Å²) in [4.78, 5) is 12.0. The van der Waals surface area contributed by atoms with Gasteiger partial charge in [0.15, 0.2) is 0 Å². The Balaban J connectivity index is 2.07. The first-order valence-electron chi connectivity index (χ1n) is 6.55. The van der Waals surface area contributed by atoms with Gasteiger partial charge in [0, 0.05) is 24.2 Å². The summed E-state index contributed by atoms with van der Waals surface area (Å²) in [6.45, 7) is 1.12. The quantitative estimate of drug-likeness (QED) is 0.858. The summed E-state index contributed by atoms with van der Waals surface area (Å²) < 4.78 is 52.8. The Morgan fingerprint density at radius 2 is 1.68 bits per heavy atom. The second-order valence-corrected chi connectivity index (χ2v) is 4.84. The molecule has 0 saturated heterocycles. The zero-order valence-corrected chi connectivity index (χ0v) is 11.7. The number of carbonyl (C=O) groups excluding carboxylic acids is 1. The molecule has 2 rings (SSSR count). The predicted molar refractivity (Wildman–Crippen MR) is 73.0 cm³/mol. The average molecular weight is 311 g/mol. The van der Waals surface area contributed by atoms with E-state index in [9.17, 15) is 22.4 Å². The molecule has 0 fully saturated rings. The first-order chi connectivity index (χ1) is 10.4. The Morgan fingerprint density at radius 1 is 1.05 bits per heavy atom. The topological polar surface area (TPSA) is 29.1 Å². The molecule has 0 aromatic heterocycles. The van der Waals surface area contributed by atoms with Crippen molar-refractivity contribution < 1.29 is 22.4 Å². The van der Waals surface area contributed by atoms with Crippen molar-refractivity contribution in [3.05, 3.63) is 70.8 Å². The summed E-state index contributed by atoms with van der Waals surface area (Å²) in [5.41, 5.74) is 0.0127. The summed E-state index contributed by atoms with van der Waals surface area (Å²) in [7, 11) is 0. The first kappa shape index (κ1) is 16.0. The van der Waals surface area contributed by atoms with Gasteiger partial charge in [0.25, 0.3) is 0 Å². The lowest BCUT2D eigenvalue weighted by atomic mass is 10.00. The second kappa shape index (κ2) is 6.60. The number of carbonyl (C=O) groups is 1. The van der Waals surface area contributed by atoms with Gasteiger partial charge in [-0.2, -0.15) is 0 Å². The molecule has 6 heteroatoms. The number of halogens is 4. The van der Waals surface area contributed by atoms with Crippen molar-refractivity contribution in [1.82, 2.24) is 5.32 Å². The lowest BCUT2D eigenvalue weighted by Crippen LogP contribution is -2.28. The van der Waals surface area contributed by atoms with Crippen LogP contribution in [0.3, 0.4) is 0 Å². The third-order valence-electron chi connectivity index (χ3n) is 3.29. The standard InChI is InChI=1S/C16H13F4NO/c1-9(10-3-2-4-11(17)5-10)16(22)21-8-13-14(19)6-12(18)7-15(13)20/h2-7,9H,8H2,1H3,(H,21,22). The highest BCUT2D eigenvalue weighted by Gasteiger charge is 2.17. The highest BCUT2D eigenvalue weighted by molar-refractivity contribution is 5.83. The van der Waals surface area contributed by atoms with E-state index in [1.165, 1.54) is 18.2 Å². The Morgan fingerprint density at radius 3 is 2.27 bits per heavy atom. The van der Waals surface area contributed by atoms with Gasteiger partial charge in [0.1, 0.15) is 23.3 Å². The maximum absolute atomic E-state index is 13.5. The molecule has 1 atom stereocenters. The minimum atomic E-state index is -1.07. The summed E-state index contributed by atoms with van der Waals surface area (Å²) in [6, 6.07) is 6.59. The number of benzene rings is 2. The number of rotatable bonds is 4. The fraction of sp³-hybridized carbons (Fsp3) is 0.188. The zero-order chi connectivity index (χ0) is 16.3. The summed E-state index contributed by atoms with van der Waals surface area (Å²) in [5, 5.41) is 2.35. The number of hydrogen-bond donors (Lipinski definition) is 1. The third kappa shape index (κ3) is 3.63. The molecule has 0 heterocycles. The third-order valence-corrected chi connectivity index (χ3v) is 3.29. The Labute approximate surface area is 124 Å². The van der Waals surface area contributed by atoms with Gasteiger partial charge in [0.2, 0.25) is 5.91 Å². The molecule has 1 N–H and O–H groups in total. The number of hydrogen-bond acceptors (Lipinski definition) is 1. The van der Waals surface area contributed by atoms with Gasteiger partial charge in [-0.15, -0.1) is 0 Å².